The average Bonchev–Trinajstić information content (AvgIpc) is 2.32. The van der Waals surface area contributed by atoms with Gasteiger partial charge in [-0.25, -0.2) is 4.74 Å². The van der Waals surface area contributed by atoms with E-state index in [2.05, 4.69) is 0 Å². The monoisotopic (exact) mass is 191 g/mol. The van der Waals surface area contributed by atoms with Gasteiger partial charge < -0.3 is 9.94 Å². The first-order valence-corrected chi connectivity index (χ1v) is 4.72. The summed E-state index contributed by atoms with van der Waals surface area (Å²) in [7, 11) is 0. The van der Waals surface area contributed by atoms with Gasteiger partial charge in [0.2, 0.25) is 0 Å². The highest BCUT2D eigenvalue weighted by Crippen LogP contribution is 2.21. The van der Waals surface area contributed by atoms with Crippen LogP contribution in [0.25, 0.3) is 0 Å². The van der Waals surface area contributed by atoms with Gasteiger partial charge in [0.25, 0.3) is 0 Å². The molecule has 1 aliphatic rings. The summed E-state index contributed by atoms with van der Waals surface area (Å²) in [5, 5.41) is 11.7. The van der Waals surface area contributed by atoms with Gasteiger partial charge in [0.05, 0.1) is 5.56 Å². The Morgan fingerprint density at radius 2 is 2.14 bits per heavy atom. The average molecular weight is 191 g/mol. The largest absolute Gasteiger partial charge is 0.623 e. The molecule has 1 heterocycles. The normalized spacial score (nSPS) is 21.1. The summed E-state index contributed by atoms with van der Waals surface area (Å²) < 4.78 is 6.56. The second kappa shape index (κ2) is 3.33. The van der Waals surface area contributed by atoms with Crippen molar-refractivity contribution in [2.75, 3.05) is 6.61 Å². The van der Waals surface area contributed by atoms with Gasteiger partial charge in [-0.3, -0.25) is 0 Å². The summed E-state index contributed by atoms with van der Waals surface area (Å²) in [6.07, 6.45) is 0. The van der Waals surface area contributed by atoms with Crippen LogP contribution >= 0.6 is 0 Å². The summed E-state index contributed by atoms with van der Waals surface area (Å²) in [6.45, 7) is 4.14. The van der Waals surface area contributed by atoms with Crippen molar-refractivity contribution in [3.63, 3.8) is 0 Å². The molecule has 1 aromatic carbocycles. The predicted octanol–water partition coefficient (Wildman–Crippen LogP) is 1.79. The minimum atomic E-state index is -0.123. The lowest BCUT2D eigenvalue weighted by molar-refractivity contribution is -0.497. The predicted molar refractivity (Wildman–Crippen MR) is 54.8 cm³/mol. The fourth-order valence-electron chi connectivity index (χ4n) is 1.62. The highest BCUT2D eigenvalue weighted by Gasteiger charge is 2.22. The van der Waals surface area contributed by atoms with E-state index in [1.54, 1.807) is 0 Å². The van der Waals surface area contributed by atoms with Crippen LogP contribution in [0.1, 0.15) is 19.4 Å². The maximum absolute atomic E-state index is 11.7. The Kier molecular flexibility index (Phi) is 2.15. The minimum Gasteiger partial charge on any atom is -0.623 e. The second-order valence-corrected chi connectivity index (χ2v) is 3.57. The maximum atomic E-state index is 11.7. The molecule has 0 bridgehead atoms. The SMILES string of the molecule is CC1=[N+]([O-])C(C)COc2ccccc21. The zero-order valence-corrected chi connectivity index (χ0v) is 8.36. The number of nitrogens with zero attached hydrogens (tertiary/aromatic N) is 1. The van der Waals surface area contributed by atoms with Crippen molar-refractivity contribution in [2.45, 2.75) is 19.9 Å². The molecule has 14 heavy (non-hydrogen) atoms. The van der Waals surface area contributed by atoms with E-state index in [0.29, 0.717) is 6.61 Å². The van der Waals surface area contributed by atoms with E-state index >= 15 is 0 Å². The highest BCUT2D eigenvalue weighted by molar-refractivity contribution is 5.97. The van der Waals surface area contributed by atoms with Crippen LogP contribution in [0.3, 0.4) is 0 Å². The van der Waals surface area contributed by atoms with Crippen molar-refractivity contribution in [1.82, 2.24) is 0 Å². The van der Waals surface area contributed by atoms with E-state index in [1.807, 2.05) is 38.1 Å². The van der Waals surface area contributed by atoms with Crippen LogP contribution in [0.2, 0.25) is 0 Å². The molecular weight excluding hydrogens is 178 g/mol. The van der Waals surface area contributed by atoms with Crippen LogP contribution in [0.4, 0.5) is 0 Å². The molecular formula is C11H13NO2. The summed E-state index contributed by atoms with van der Waals surface area (Å²) in [5.41, 5.74) is 1.62. The molecule has 0 spiro atoms. The first kappa shape index (κ1) is 9.06. The fourth-order valence-corrected chi connectivity index (χ4v) is 1.62. The molecule has 0 saturated heterocycles. The van der Waals surface area contributed by atoms with Crippen molar-refractivity contribution in [1.29, 1.82) is 0 Å². The zero-order valence-electron chi connectivity index (χ0n) is 8.36. The molecule has 1 aliphatic heterocycles. The molecule has 3 heteroatoms. The molecule has 0 saturated carbocycles. The highest BCUT2D eigenvalue weighted by atomic mass is 16.5. The Morgan fingerprint density at radius 3 is 2.93 bits per heavy atom. The first-order valence-electron chi connectivity index (χ1n) is 4.72. The lowest BCUT2D eigenvalue weighted by Crippen LogP contribution is -2.26. The Morgan fingerprint density at radius 1 is 1.43 bits per heavy atom. The number of hydrogen-bond donors (Lipinski definition) is 0. The van der Waals surface area contributed by atoms with Gasteiger partial charge in [-0.1, -0.05) is 12.1 Å². The fraction of sp³-hybridized carbons (Fsp3) is 0.364. The number of ether oxygens (including phenoxy) is 1. The standard InChI is InChI=1S/C11H13NO2/c1-8-7-14-11-6-4-3-5-10(11)9(2)12(8)13/h3-6,8H,7H2,1-2H3. The van der Waals surface area contributed by atoms with E-state index in [-0.39, 0.29) is 6.04 Å². The third-order valence-corrected chi connectivity index (χ3v) is 2.49. The molecule has 0 aliphatic carbocycles. The van der Waals surface area contributed by atoms with E-state index in [4.69, 9.17) is 4.74 Å². The molecule has 0 amide bonds. The quantitative estimate of drug-likeness (QED) is 0.463. The van der Waals surface area contributed by atoms with Crippen molar-refractivity contribution in [2.24, 2.45) is 0 Å². The number of hydrogen-bond acceptors (Lipinski definition) is 2. The Hall–Kier alpha value is -1.51. The van der Waals surface area contributed by atoms with Crippen molar-refractivity contribution < 1.29 is 9.48 Å². The van der Waals surface area contributed by atoms with Gasteiger partial charge in [-0.05, 0) is 12.1 Å². The molecule has 2 rings (SSSR count). The van der Waals surface area contributed by atoms with E-state index in [9.17, 15) is 5.21 Å². The first-order chi connectivity index (χ1) is 6.70. The van der Waals surface area contributed by atoms with Crippen LogP contribution in [-0.4, -0.2) is 23.1 Å². The summed E-state index contributed by atoms with van der Waals surface area (Å²) in [4.78, 5) is 0. The van der Waals surface area contributed by atoms with E-state index in [1.165, 1.54) is 0 Å². The Labute approximate surface area is 83.2 Å². The summed E-state index contributed by atoms with van der Waals surface area (Å²) in [6, 6.07) is 7.51. The Balaban J connectivity index is 2.56. The van der Waals surface area contributed by atoms with Gasteiger partial charge in [-0.2, -0.15) is 0 Å². The number of rotatable bonds is 0. The van der Waals surface area contributed by atoms with Crippen LogP contribution in [0.5, 0.6) is 5.75 Å². The van der Waals surface area contributed by atoms with E-state index in [0.717, 1.165) is 21.8 Å². The molecule has 0 fully saturated rings. The van der Waals surface area contributed by atoms with Crippen LogP contribution in [-0.2, 0) is 0 Å². The molecule has 0 N–H and O–H groups in total. The van der Waals surface area contributed by atoms with Gasteiger partial charge in [-0.15, -0.1) is 0 Å². The Bertz CT molecular complexity index is 385. The number of benzene rings is 1. The van der Waals surface area contributed by atoms with Crippen molar-refractivity contribution >= 4 is 5.71 Å². The molecule has 0 radical (unpaired) electrons. The summed E-state index contributed by atoms with van der Waals surface area (Å²) >= 11 is 0. The van der Waals surface area contributed by atoms with Gasteiger partial charge in [0.15, 0.2) is 18.4 Å². The molecule has 0 aromatic heterocycles. The topological polar surface area (TPSA) is 35.3 Å². The van der Waals surface area contributed by atoms with Crippen LogP contribution in [0.15, 0.2) is 24.3 Å². The molecule has 1 atom stereocenters. The third kappa shape index (κ3) is 1.35. The van der Waals surface area contributed by atoms with Gasteiger partial charge in [0, 0.05) is 13.8 Å². The van der Waals surface area contributed by atoms with Crippen LogP contribution in [0, 0.1) is 5.21 Å². The second-order valence-electron chi connectivity index (χ2n) is 3.57. The van der Waals surface area contributed by atoms with Crippen LogP contribution < -0.4 is 4.74 Å². The lowest BCUT2D eigenvalue weighted by Gasteiger charge is -2.10. The molecule has 1 aromatic rings. The third-order valence-electron chi connectivity index (χ3n) is 2.49. The van der Waals surface area contributed by atoms with Crippen molar-refractivity contribution in [3.8, 4) is 5.75 Å². The number of hydroxylamine groups is 1. The zero-order chi connectivity index (χ0) is 10.1. The van der Waals surface area contributed by atoms with Gasteiger partial charge in [0.1, 0.15) is 5.75 Å². The molecule has 3 nitrogen and oxygen atoms in total. The number of para-hydroxylation sites is 1. The number of fused-ring (bicyclic) bond motifs is 1. The smallest absolute Gasteiger partial charge is 0.195 e. The van der Waals surface area contributed by atoms with Gasteiger partial charge >= 0.3 is 0 Å². The lowest BCUT2D eigenvalue weighted by atomic mass is 10.1. The molecule has 74 valence electrons. The maximum Gasteiger partial charge on any atom is 0.195 e. The van der Waals surface area contributed by atoms with E-state index < -0.39 is 0 Å². The van der Waals surface area contributed by atoms with Crippen molar-refractivity contribution in [3.05, 3.63) is 35.0 Å². The minimum absolute atomic E-state index is 0.123. The summed E-state index contributed by atoms with van der Waals surface area (Å²) in [5.74, 6) is 0.801. The molecule has 1 unspecified atom stereocenters.